The summed E-state index contributed by atoms with van der Waals surface area (Å²) < 4.78 is 13.6. The average Bonchev–Trinajstić information content (AvgIpc) is 2.77. The zero-order chi connectivity index (χ0) is 20.9. The number of nitrogens with two attached hydrogens (primary N) is 1. The lowest BCUT2D eigenvalue weighted by Crippen LogP contribution is -2.29. The number of nitrogens with one attached hydrogen (secondary N) is 1. The van der Waals surface area contributed by atoms with Gasteiger partial charge in [-0.1, -0.05) is 6.07 Å². The molecule has 1 fully saturated rings. The predicted molar refractivity (Wildman–Crippen MR) is 122 cm³/mol. The highest BCUT2D eigenvalue weighted by Gasteiger charge is 2.15. The third kappa shape index (κ3) is 4.62. The molecule has 0 atom stereocenters. The van der Waals surface area contributed by atoms with E-state index >= 15 is 0 Å². The molecule has 4 rings (SSSR count). The molecule has 7 heteroatoms. The number of fused-ring (bicyclic) bond motifs is 1. The lowest BCUT2D eigenvalue weighted by Gasteiger charge is -2.29. The third-order valence-electron chi connectivity index (χ3n) is 5.51. The fourth-order valence-corrected chi connectivity index (χ4v) is 3.93. The van der Waals surface area contributed by atoms with Crippen LogP contribution in [0.25, 0.3) is 10.9 Å². The maximum atomic E-state index is 13.6. The van der Waals surface area contributed by atoms with Gasteiger partial charge < -0.3 is 20.9 Å². The highest BCUT2D eigenvalue weighted by atomic mass is 19.1. The summed E-state index contributed by atoms with van der Waals surface area (Å²) in [5, 5.41) is 4.32. The first kappa shape index (κ1) is 20.3. The number of hydrogen-bond acceptors (Lipinski definition) is 6. The molecule has 0 saturated carbocycles. The molecule has 0 radical (unpaired) electrons. The van der Waals surface area contributed by atoms with Crippen molar-refractivity contribution >= 4 is 28.1 Å². The number of anilines is 3. The van der Waals surface area contributed by atoms with Gasteiger partial charge in [0.25, 0.3) is 0 Å². The number of piperidine rings is 1. The number of hydrogen-bond donors (Lipinski definition) is 2. The Morgan fingerprint density at radius 1 is 1.10 bits per heavy atom. The van der Waals surface area contributed by atoms with Crippen molar-refractivity contribution < 1.29 is 4.39 Å². The van der Waals surface area contributed by atoms with E-state index in [1.54, 1.807) is 6.07 Å². The summed E-state index contributed by atoms with van der Waals surface area (Å²) in [4.78, 5) is 14.0. The second-order valence-electron chi connectivity index (χ2n) is 7.79. The number of benzene rings is 2. The van der Waals surface area contributed by atoms with E-state index in [4.69, 9.17) is 15.7 Å². The van der Waals surface area contributed by atoms with Crippen molar-refractivity contribution in [2.24, 2.45) is 5.73 Å². The standard InChI is InChI=1S/C23H29FN6/c1-29(18-7-5-6-17(24)14-18)16-22-27-21-15-19(30-12-3-2-4-13-30)8-9-20(21)23(28-22)26-11-10-25/h5-9,14-15H,2-4,10-13,16,25H2,1H3,(H,26,27,28). The van der Waals surface area contributed by atoms with E-state index in [0.29, 0.717) is 25.5 Å². The molecule has 3 aromatic rings. The van der Waals surface area contributed by atoms with E-state index in [9.17, 15) is 4.39 Å². The van der Waals surface area contributed by atoms with E-state index in [1.165, 1.54) is 37.1 Å². The lowest BCUT2D eigenvalue weighted by atomic mass is 10.1. The topological polar surface area (TPSA) is 70.3 Å². The minimum Gasteiger partial charge on any atom is -0.371 e. The van der Waals surface area contributed by atoms with Crippen LogP contribution in [0.4, 0.5) is 21.6 Å². The van der Waals surface area contributed by atoms with Crippen molar-refractivity contribution in [3.8, 4) is 0 Å². The van der Waals surface area contributed by atoms with E-state index in [0.717, 1.165) is 35.5 Å². The van der Waals surface area contributed by atoms with Gasteiger partial charge in [0.1, 0.15) is 11.6 Å². The first-order chi connectivity index (χ1) is 14.6. The van der Waals surface area contributed by atoms with Gasteiger partial charge in [0, 0.05) is 50.0 Å². The Hall–Kier alpha value is -2.93. The molecule has 0 unspecified atom stereocenters. The molecule has 2 heterocycles. The Morgan fingerprint density at radius 3 is 2.70 bits per heavy atom. The van der Waals surface area contributed by atoms with Gasteiger partial charge in [-0.15, -0.1) is 0 Å². The molecule has 1 saturated heterocycles. The van der Waals surface area contributed by atoms with Crippen LogP contribution in [0.2, 0.25) is 0 Å². The number of halogens is 1. The average molecular weight is 409 g/mol. The quantitative estimate of drug-likeness (QED) is 0.620. The molecular formula is C23H29FN6. The summed E-state index contributed by atoms with van der Waals surface area (Å²) in [5.74, 6) is 1.22. The van der Waals surface area contributed by atoms with Crippen LogP contribution in [0, 0.1) is 5.82 Å². The van der Waals surface area contributed by atoms with Crippen LogP contribution < -0.4 is 20.9 Å². The van der Waals surface area contributed by atoms with Crippen LogP contribution in [0.1, 0.15) is 25.1 Å². The van der Waals surface area contributed by atoms with Crippen LogP contribution in [-0.4, -0.2) is 43.2 Å². The molecule has 1 aliphatic rings. The summed E-state index contributed by atoms with van der Waals surface area (Å²) in [6, 6.07) is 13.0. The highest BCUT2D eigenvalue weighted by molar-refractivity contribution is 5.91. The maximum absolute atomic E-state index is 13.6. The van der Waals surface area contributed by atoms with E-state index in [2.05, 4.69) is 28.4 Å². The van der Waals surface area contributed by atoms with Crippen LogP contribution in [-0.2, 0) is 6.54 Å². The minimum absolute atomic E-state index is 0.254. The first-order valence-electron chi connectivity index (χ1n) is 10.6. The molecule has 3 N–H and O–H groups in total. The van der Waals surface area contributed by atoms with Gasteiger partial charge in [0.15, 0.2) is 5.82 Å². The Balaban J connectivity index is 1.67. The summed E-state index contributed by atoms with van der Waals surface area (Å²) in [6.07, 6.45) is 3.76. The number of rotatable bonds is 7. The summed E-state index contributed by atoms with van der Waals surface area (Å²) in [6.45, 7) is 3.81. The Morgan fingerprint density at radius 2 is 1.93 bits per heavy atom. The molecule has 6 nitrogen and oxygen atoms in total. The zero-order valence-corrected chi connectivity index (χ0v) is 17.4. The van der Waals surface area contributed by atoms with Gasteiger partial charge >= 0.3 is 0 Å². The fourth-order valence-electron chi connectivity index (χ4n) is 3.93. The van der Waals surface area contributed by atoms with Crippen molar-refractivity contribution in [3.63, 3.8) is 0 Å². The monoisotopic (exact) mass is 408 g/mol. The molecule has 1 aliphatic heterocycles. The first-order valence-corrected chi connectivity index (χ1v) is 10.6. The zero-order valence-electron chi connectivity index (χ0n) is 17.4. The van der Waals surface area contributed by atoms with Gasteiger partial charge in [-0.2, -0.15) is 0 Å². The van der Waals surface area contributed by atoms with E-state index in [-0.39, 0.29) is 5.82 Å². The molecule has 2 aromatic carbocycles. The SMILES string of the molecule is CN(Cc1nc(NCCN)c2ccc(N3CCCCC3)cc2n1)c1cccc(F)c1. The van der Waals surface area contributed by atoms with Crippen LogP contribution in [0.3, 0.4) is 0 Å². The lowest BCUT2D eigenvalue weighted by molar-refractivity contribution is 0.578. The molecule has 30 heavy (non-hydrogen) atoms. The molecular weight excluding hydrogens is 379 g/mol. The molecule has 158 valence electrons. The van der Waals surface area contributed by atoms with Crippen molar-refractivity contribution in [3.05, 3.63) is 54.1 Å². The summed E-state index contributed by atoms with van der Waals surface area (Å²) >= 11 is 0. The van der Waals surface area contributed by atoms with Crippen molar-refractivity contribution in [1.29, 1.82) is 0 Å². The van der Waals surface area contributed by atoms with Gasteiger partial charge in [0.2, 0.25) is 0 Å². The maximum Gasteiger partial charge on any atom is 0.150 e. The normalized spacial score (nSPS) is 14.2. The van der Waals surface area contributed by atoms with Crippen molar-refractivity contribution in [2.75, 3.05) is 48.3 Å². The summed E-state index contributed by atoms with van der Waals surface area (Å²) in [5.41, 5.74) is 8.60. The highest BCUT2D eigenvalue weighted by Crippen LogP contribution is 2.28. The van der Waals surface area contributed by atoms with Crippen LogP contribution in [0.15, 0.2) is 42.5 Å². The Labute approximate surface area is 176 Å². The molecule has 1 aromatic heterocycles. The minimum atomic E-state index is -0.254. The van der Waals surface area contributed by atoms with Crippen molar-refractivity contribution in [2.45, 2.75) is 25.8 Å². The third-order valence-corrected chi connectivity index (χ3v) is 5.51. The number of nitrogens with zero attached hydrogens (tertiary/aromatic N) is 4. The Bertz CT molecular complexity index is 1000. The number of aromatic nitrogens is 2. The van der Waals surface area contributed by atoms with Crippen LogP contribution >= 0.6 is 0 Å². The smallest absolute Gasteiger partial charge is 0.150 e. The van der Waals surface area contributed by atoms with E-state index in [1.807, 2.05) is 18.0 Å². The predicted octanol–water partition coefficient (Wildman–Crippen LogP) is 3.77. The molecule has 0 amide bonds. The van der Waals surface area contributed by atoms with Gasteiger partial charge in [-0.25, -0.2) is 14.4 Å². The van der Waals surface area contributed by atoms with Crippen molar-refractivity contribution in [1.82, 2.24) is 9.97 Å². The largest absolute Gasteiger partial charge is 0.371 e. The van der Waals surface area contributed by atoms with Gasteiger partial charge in [-0.3, -0.25) is 0 Å². The van der Waals surface area contributed by atoms with E-state index < -0.39 is 0 Å². The fraction of sp³-hybridized carbons (Fsp3) is 0.391. The van der Waals surface area contributed by atoms with Gasteiger partial charge in [0.05, 0.1) is 12.1 Å². The molecule has 0 spiro atoms. The molecule has 0 bridgehead atoms. The second-order valence-corrected chi connectivity index (χ2v) is 7.79. The Kier molecular flexibility index (Phi) is 6.28. The molecule has 0 aliphatic carbocycles. The summed E-state index contributed by atoms with van der Waals surface area (Å²) in [7, 11) is 1.92. The van der Waals surface area contributed by atoms with Gasteiger partial charge in [-0.05, 0) is 55.7 Å². The van der Waals surface area contributed by atoms with Crippen LogP contribution in [0.5, 0.6) is 0 Å². The second kappa shape index (κ2) is 9.26.